The number of halogens is 2. The fourth-order valence-electron chi connectivity index (χ4n) is 1.75. The maximum atomic E-state index is 12.4. The minimum absolute atomic E-state index is 0.0177. The van der Waals surface area contributed by atoms with Gasteiger partial charge in [0.2, 0.25) is 9.84 Å². The highest BCUT2D eigenvalue weighted by Crippen LogP contribution is 2.27. The summed E-state index contributed by atoms with van der Waals surface area (Å²) in [7, 11) is -3.28. The molecule has 0 amide bonds. The van der Waals surface area contributed by atoms with Gasteiger partial charge in [0.25, 0.3) is 0 Å². The molecule has 122 valence electrons. The summed E-state index contributed by atoms with van der Waals surface area (Å²) >= 11 is 0. The van der Waals surface area contributed by atoms with Crippen LogP contribution in [0.15, 0.2) is 53.4 Å². The molecule has 0 bridgehead atoms. The number of para-hydroxylation sites is 2. The minimum atomic E-state index is -4.69. The average molecular weight is 342 g/mol. The molecular weight excluding hydrogens is 330 g/mol. The fourth-order valence-corrected chi connectivity index (χ4v) is 2.47. The van der Waals surface area contributed by atoms with Gasteiger partial charge >= 0.3 is 11.7 Å². The van der Waals surface area contributed by atoms with E-state index in [-0.39, 0.29) is 11.3 Å². The maximum absolute atomic E-state index is 12.4. The highest BCUT2D eigenvalue weighted by atomic mass is 32.2. The third kappa shape index (κ3) is 3.65. The Kier molecular flexibility index (Phi) is 4.95. The third-order valence-electron chi connectivity index (χ3n) is 2.92. The molecule has 0 unspecified atom stereocenters. The van der Waals surface area contributed by atoms with E-state index >= 15 is 0 Å². The van der Waals surface area contributed by atoms with E-state index in [0.29, 0.717) is 5.75 Å². The molecule has 0 N–H and O–H groups in total. The number of methoxy groups -OCH3 is 1. The lowest BCUT2D eigenvalue weighted by atomic mass is 10.2. The molecule has 2 aromatic carbocycles. The predicted molar refractivity (Wildman–Crippen MR) is 77.6 cm³/mol. The van der Waals surface area contributed by atoms with Crippen molar-refractivity contribution in [2.75, 3.05) is 7.11 Å². The van der Waals surface area contributed by atoms with Crippen LogP contribution < -0.4 is 9.47 Å². The van der Waals surface area contributed by atoms with Gasteiger partial charge in [-0.3, -0.25) is 0 Å². The lowest BCUT2D eigenvalue weighted by Crippen LogP contribution is -2.13. The fraction of sp³-hybridized carbons (Fsp3) is 0.133. The van der Waals surface area contributed by atoms with Crippen LogP contribution in [0, 0.1) is 0 Å². The summed E-state index contributed by atoms with van der Waals surface area (Å²) in [5.41, 5.74) is 0.0177. The van der Waals surface area contributed by atoms with Crippen molar-refractivity contribution in [1.82, 2.24) is 0 Å². The summed E-state index contributed by atoms with van der Waals surface area (Å²) in [6.07, 6.45) is 0. The van der Waals surface area contributed by atoms with E-state index in [2.05, 4.69) is 0 Å². The predicted octanol–water partition coefficient (Wildman–Crippen LogP) is 2.91. The Morgan fingerprint density at radius 3 is 2.09 bits per heavy atom. The summed E-state index contributed by atoms with van der Waals surface area (Å²) in [5.74, 6) is -3.76. The first-order valence-electron chi connectivity index (χ1n) is 6.33. The Balaban J connectivity index is 2.21. The molecule has 0 spiro atoms. The minimum Gasteiger partial charge on any atom is -0.493 e. The van der Waals surface area contributed by atoms with Crippen LogP contribution in [0.2, 0.25) is 0 Å². The molecule has 0 aromatic heterocycles. The van der Waals surface area contributed by atoms with Crippen LogP contribution in [0.1, 0.15) is 10.4 Å². The number of alkyl halides is 2. The molecule has 23 heavy (non-hydrogen) atoms. The monoisotopic (exact) mass is 342 g/mol. The van der Waals surface area contributed by atoms with Gasteiger partial charge in [0.15, 0.2) is 11.5 Å². The topological polar surface area (TPSA) is 69.7 Å². The SMILES string of the molecule is COc1ccccc1OC(=O)c1ccc(S(=O)(=O)C(F)F)cc1. The van der Waals surface area contributed by atoms with Crippen molar-refractivity contribution < 1.29 is 31.5 Å². The first kappa shape index (κ1) is 16.9. The van der Waals surface area contributed by atoms with Crippen LogP contribution in [-0.2, 0) is 9.84 Å². The van der Waals surface area contributed by atoms with E-state index in [0.717, 1.165) is 24.3 Å². The van der Waals surface area contributed by atoms with Crippen molar-refractivity contribution in [1.29, 1.82) is 0 Å². The molecule has 5 nitrogen and oxygen atoms in total. The Morgan fingerprint density at radius 2 is 1.57 bits per heavy atom. The number of hydrogen-bond donors (Lipinski definition) is 0. The lowest BCUT2D eigenvalue weighted by molar-refractivity contribution is 0.0729. The summed E-state index contributed by atoms with van der Waals surface area (Å²) < 4.78 is 57.6. The molecule has 0 aliphatic carbocycles. The van der Waals surface area contributed by atoms with Gasteiger partial charge in [0.05, 0.1) is 17.6 Å². The van der Waals surface area contributed by atoms with E-state index in [1.54, 1.807) is 18.2 Å². The Hall–Kier alpha value is -2.48. The largest absolute Gasteiger partial charge is 0.493 e. The Labute approximate surface area is 131 Å². The molecule has 0 fully saturated rings. The highest BCUT2D eigenvalue weighted by molar-refractivity contribution is 7.91. The van der Waals surface area contributed by atoms with E-state index in [1.165, 1.54) is 13.2 Å². The molecule has 0 atom stereocenters. The summed E-state index contributed by atoms with van der Waals surface area (Å²) in [6.45, 7) is 0. The van der Waals surface area contributed by atoms with Gasteiger partial charge in [-0.1, -0.05) is 12.1 Å². The normalized spacial score (nSPS) is 11.3. The second-order valence-electron chi connectivity index (χ2n) is 4.37. The van der Waals surface area contributed by atoms with E-state index in [1.807, 2.05) is 0 Å². The van der Waals surface area contributed by atoms with Gasteiger partial charge in [-0.05, 0) is 36.4 Å². The highest BCUT2D eigenvalue weighted by Gasteiger charge is 2.26. The Bertz CT molecular complexity index is 801. The molecule has 0 saturated carbocycles. The van der Waals surface area contributed by atoms with E-state index < -0.39 is 26.5 Å². The van der Waals surface area contributed by atoms with Crippen LogP contribution in [0.25, 0.3) is 0 Å². The zero-order chi connectivity index (χ0) is 17.0. The molecule has 2 rings (SSSR count). The van der Waals surface area contributed by atoms with Gasteiger partial charge in [0.1, 0.15) is 0 Å². The summed E-state index contributed by atoms with van der Waals surface area (Å²) in [6, 6.07) is 10.5. The molecule has 2 aromatic rings. The van der Waals surface area contributed by atoms with Crippen LogP contribution >= 0.6 is 0 Å². The van der Waals surface area contributed by atoms with Crippen molar-refractivity contribution in [3.05, 3.63) is 54.1 Å². The lowest BCUT2D eigenvalue weighted by Gasteiger charge is -2.09. The number of carbonyl (C=O) groups is 1. The molecule has 0 radical (unpaired) electrons. The van der Waals surface area contributed by atoms with Gasteiger partial charge in [-0.25, -0.2) is 13.2 Å². The number of rotatable bonds is 5. The molecule has 0 aliphatic heterocycles. The van der Waals surface area contributed by atoms with Gasteiger partial charge in [-0.2, -0.15) is 8.78 Å². The zero-order valence-electron chi connectivity index (χ0n) is 11.9. The van der Waals surface area contributed by atoms with Crippen LogP contribution in [0.5, 0.6) is 11.5 Å². The van der Waals surface area contributed by atoms with Crippen molar-refractivity contribution >= 4 is 15.8 Å². The number of hydrogen-bond acceptors (Lipinski definition) is 5. The van der Waals surface area contributed by atoms with E-state index in [4.69, 9.17) is 9.47 Å². The van der Waals surface area contributed by atoms with Crippen LogP contribution in [0.4, 0.5) is 8.78 Å². The van der Waals surface area contributed by atoms with Crippen molar-refractivity contribution in [3.8, 4) is 11.5 Å². The third-order valence-corrected chi connectivity index (χ3v) is 4.32. The number of esters is 1. The maximum Gasteiger partial charge on any atom is 0.343 e. The summed E-state index contributed by atoms with van der Waals surface area (Å²) in [4.78, 5) is 11.4. The molecular formula is C15H12F2O5S. The Morgan fingerprint density at radius 1 is 1.00 bits per heavy atom. The quantitative estimate of drug-likeness (QED) is 0.617. The number of carbonyl (C=O) groups excluding carboxylic acids is 1. The standard InChI is InChI=1S/C15H12F2O5S/c1-21-12-4-2-3-5-13(12)22-14(18)10-6-8-11(9-7-10)23(19,20)15(16)17/h2-9,15H,1H3. The van der Waals surface area contributed by atoms with Gasteiger partial charge < -0.3 is 9.47 Å². The molecule has 0 aliphatic rings. The molecule has 8 heteroatoms. The number of ether oxygens (including phenoxy) is 2. The van der Waals surface area contributed by atoms with Crippen LogP contribution in [0.3, 0.4) is 0 Å². The van der Waals surface area contributed by atoms with Crippen molar-refractivity contribution in [3.63, 3.8) is 0 Å². The second kappa shape index (κ2) is 6.74. The molecule has 0 saturated heterocycles. The number of sulfone groups is 1. The zero-order valence-corrected chi connectivity index (χ0v) is 12.7. The average Bonchev–Trinajstić information content (AvgIpc) is 2.55. The second-order valence-corrected chi connectivity index (χ2v) is 6.29. The summed E-state index contributed by atoms with van der Waals surface area (Å²) in [5, 5.41) is 0. The van der Waals surface area contributed by atoms with Gasteiger partial charge in [-0.15, -0.1) is 0 Å². The van der Waals surface area contributed by atoms with Crippen molar-refractivity contribution in [2.24, 2.45) is 0 Å². The number of benzene rings is 2. The first-order valence-corrected chi connectivity index (χ1v) is 7.88. The van der Waals surface area contributed by atoms with Crippen LogP contribution in [-0.4, -0.2) is 27.3 Å². The van der Waals surface area contributed by atoms with E-state index in [9.17, 15) is 22.0 Å². The van der Waals surface area contributed by atoms with Gasteiger partial charge in [0, 0.05) is 0 Å². The molecule has 0 heterocycles. The van der Waals surface area contributed by atoms with Crippen molar-refractivity contribution in [2.45, 2.75) is 10.7 Å². The first-order chi connectivity index (χ1) is 10.9. The smallest absolute Gasteiger partial charge is 0.343 e.